The highest BCUT2D eigenvalue weighted by Gasteiger charge is 2.52. The van der Waals surface area contributed by atoms with E-state index >= 15 is 0 Å². The molecule has 0 aliphatic carbocycles. The second-order valence-corrected chi connectivity index (χ2v) is 5.87. The number of imide groups is 1. The number of esters is 1. The van der Waals surface area contributed by atoms with Gasteiger partial charge in [-0.25, -0.2) is 4.79 Å². The largest absolute Gasteiger partial charge is 0.459 e. The number of β-lactam (4-membered cyclic amide) rings is 1. The molecule has 3 amide bonds. The Kier molecular flexibility index (Phi) is 5.84. The van der Waals surface area contributed by atoms with E-state index in [4.69, 9.17) is 11.6 Å². The molecule has 1 aromatic carbocycles. The lowest BCUT2D eigenvalue weighted by atomic mass is 10.1. The maximum atomic E-state index is 12.1. The lowest BCUT2D eigenvalue weighted by Gasteiger charge is -2.42. The number of amides is 3. The maximum Gasteiger partial charge on any atom is 0.397 e. The number of benzene rings is 1. The van der Waals surface area contributed by atoms with Crippen LogP contribution in [-0.2, 0) is 23.9 Å². The Bertz CT molecular complexity index is 669. The average Bonchev–Trinajstić information content (AvgIpc) is 2.59. The van der Waals surface area contributed by atoms with Crippen LogP contribution in [0.2, 0.25) is 0 Å². The van der Waals surface area contributed by atoms with Crippen molar-refractivity contribution in [1.82, 2.24) is 10.2 Å². The summed E-state index contributed by atoms with van der Waals surface area (Å²) in [5.74, 6) is -3.59. The monoisotopic (exact) mass is 370 g/mol. The second-order valence-electron chi connectivity index (χ2n) is 4.91. The van der Waals surface area contributed by atoms with Gasteiger partial charge < -0.3 is 10.1 Å². The number of hydrogen-bond acceptors (Lipinski definition) is 6. The first kappa shape index (κ1) is 18.3. The molecule has 1 aromatic rings. The molecule has 0 spiro atoms. The van der Waals surface area contributed by atoms with Gasteiger partial charge in [-0.1, -0.05) is 30.3 Å². The number of rotatable bonds is 4. The molecule has 1 fully saturated rings. The Hall–Kier alpha value is -2.06. The number of likely N-dealkylation sites (tertiary alicyclic amines) is 1. The minimum atomic E-state index is -1.14. The average molecular weight is 371 g/mol. The highest BCUT2D eigenvalue weighted by Crippen LogP contribution is 2.26. The summed E-state index contributed by atoms with van der Waals surface area (Å²) in [6.07, 6.45) is 0. The van der Waals surface area contributed by atoms with Crippen LogP contribution in [0.3, 0.4) is 0 Å². The van der Waals surface area contributed by atoms with Gasteiger partial charge in [0.25, 0.3) is 5.91 Å². The molecule has 1 N–H and O–H groups in total. The summed E-state index contributed by atoms with van der Waals surface area (Å²) in [7, 11) is 0. The van der Waals surface area contributed by atoms with Crippen molar-refractivity contribution < 1.29 is 23.9 Å². The number of carbonyl (C=O) groups excluding carboxylic acids is 4. The molecule has 1 heterocycles. The van der Waals surface area contributed by atoms with Gasteiger partial charge in [-0.05, 0) is 12.5 Å². The van der Waals surface area contributed by atoms with Gasteiger partial charge >= 0.3 is 11.9 Å². The van der Waals surface area contributed by atoms with Gasteiger partial charge in [0.15, 0.2) is 0 Å². The summed E-state index contributed by atoms with van der Waals surface area (Å²) in [6, 6.07) is 7.55. The van der Waals surface area contributed by atoms with Gasteiger partial charge in [0.1, 0.15) is 16.8 Å². The van der Waals surface area contributed by atoms with Gasteiger partial charge in [0, 0.05) is 0 Å². The number of ether oxygens (including phenoxy) is 1. The van der Waals surface area contributed by atoms with Crippen LogP contribution < -0.4 is 5.32 Å². The summed E-state index contributed by atoms with van der Waals surface area (Å²) in [5.41, 5.74) is 0.568. The highest BCUT2D eigenvalue weighted by molar-refractivity contribution is 7.81. The van der Waals surface area contributed by atoms with Crippen molar-refractivity contribution in [3.05, 3.63) is 35.9 Å². The molecule has 9 heteroatoms. The molecular formula is C15H15ClN2O5S. The lowest BCUT2D eigenvalue weighted by Crippen LogP contribution is -2.71. The normalized spacial score (nSPS) is 20.8. The van der Waals surface area contributed by atoms with Crippen LogP contribution in [0.4, 0.5) is 0 Å². The summed E-state index contributed by atoms with van der Waals surface area (Å²) in [5, 5.41) is 0.476. The third-order valence-electron chi connectivity index (χ3n) is 3.36. The van der Waals surface area contributed by atoms with Crippen molar-refractivity contribution in [3.63, 3.8) is 0 Å². The van der Waals surface area contributed by atoms with Gasteiger partial charge in [-0.15, -0.1) is 11.6 Å². The summed E-state index contributed by atoms with van der Waals surface area (Å²) in [6.45, 7) is 1.55. The molecule has 3 unspecified atom stereocenters. The van der Waals surface area contributed by atoms with E-state index in [0.29, 0.717) is 10.5 Å². The van der Waals surface area contributed by atoms with E-state index in [9.17, 15) is 19.2 Å². The van der Waals surface area contributed by atoms with Crippen LogP contribution in [-0.4, -0.2) is 46.6 Å². The fraction of sp³-hybridized carbons (Fsp3) is 0.333. The number of hydrogen-bond donors (Lipinski definition) is 2. The number of nitrogens with one attached hydrogen (secondary N) is 1. The molecular weight excluding hydrogens is 356 g/mol. The summed E-state index contributed by atoms with van der Waals surface area (Å²) >= 11 is 10.2. The molecule has 1 aliphatic heterocycles. The number of alkyl halides is 1. The van der Waals surface area contributed by atoms with E-state index in [-0.39, 0.29) is 6.61 Å². The predicted molar refractivity (Wildman–Crippen MR) is 88.2 cm³/mol. The first-order valence-electron chi connectivity index (χ1n) is 7.10. The smallest absolute Gasteiger partial charge is 0.397 e. The zero-order valence-electron chi connectivity index (χ0n) is 12.6. The quantitative estimate of drug-likeness (QED) is 0.267. The number of halogens is 1. The molecule has 24 heavy (non-hydrogen) atoms. The Morgan fingerprint density at radius 1 is 1.33 bits per heavy atom. The van der Waals surface area contributed by atoms with E-state index < -0.39 is 40.5 Å². The molecule has 128 valence electrons. The van der Waals surface area contributed by atoms with Crippen LogP contribution in [0.5, 0.6) is 0 Å². The second kappa shape index (κ2) is 7.67. The Balaban J connectivity index is 1.98. The van der Waals surface area contributed by atoms with E-state index in [0.717, 1.165) is 0 Å². The molecule has 1 saturated heterocycles. The molecule has 0 bridgehead atoms. The predicted octanol–water partition coefficient (Wildman–Crippen LogP) is 0.639. The highest BCUT2D eigenvalue weighted by atomic mass is 35.5. The zero-order chi connectivity index (χ0) is 17.9. The SMILES string of the molecule is CCOC(=O)C(=O)N1C(=O)C(NC(=O)C(Cl)c2ccccc2)C1S. The van der Waals surface area contributed by atoms with Crippen molar-refractivity contribution in [1.29, 1.82) is 0 Å². The maximum absolute atomic E-state index is 12.1. The summed E-state index contributed by atoms with van der Waals surface area (Å²) < 4.78 is 4.54. The third kappa shape index (κ3) is 3.54. The molecule has 1 aliphatic rings. The Morgan fingerprint density at radius 3 is 2.50 bits per heavy atom. The van der Waals surface area contributed by atoms with Crippen molar-refractivity contribution in [2.24, 2.45) is 0 Å². The molecule has 0 radical (unpaired) electrons. The van der Waals surface area contributed by atoms with Gasteiger partial charge in [0.2, 0.25) is 5.91 Å². The van der Waals surface area contributed by atoms with Crippen molar-refractivity contribution in [3.8, 4) is 0 Å². The van der Waals surface area contributed by atoms with Crippen molar-refractivity contribution in [2.45, 2.75) is 23.7 Å². The first-order valence-corrected chi connectivity index (χ1v) is 8.05. The van der Waals surface area contributed by atoms with Crippen molar-refractivity contribution >= 4 is 47.9 Å². The van der Waals surface area contributed by atoms with Crippen LogP contribution in [0.1, 0.15) is 17.9 Å². The van der Waals surface area contributed by atoms with Crippen LogP contribution in [0.15, 0.2) is 30.3 Å². The first-order chi connectivity index (χ1) is 11.4. The van der Waals surface area contributed by atoms with Crippen LogP contribution in [0, 0.1) is 0 Å². The lowest BCUT2D eigenvalue weighted by molar-refractivity contribution is -0.170. The van der Waals surface area contributed by atoms with E-state index in [1.54, 1.807) is 30.3 Å². The van der Waals surface area contributed by atoms with Crippen molar-refractivity contribution in [2.75, 3.05) is 6.61 Å². The number of nitrogens with zero attached hydrogens (tertiary/aromatic N) is 1. The van der Waals surface area contributed by atoms with Gasteiger partial charge in [-0.3, -0.25) is 19.3 Å². The molecule has 3 atom stereocenters. The minimum Gasteiger partial charge on any atom is -0.459 e. The fourth-order valence-corrected chi connectivity index (χ4v) is 2.75. The zero-order valence-corrected chi connectivity index (χ0v) is 14.3. The molecule has 0 saturated carbocycles. The number of thiol groups is 1. The van der Waals surface area contributed by atoms with Gasteiger partial charge in [-0.2, -0.15) is 12.6 Å². The van der Waals surface area contributed by atoms with Gasteiger partial charge in [0.05, 0.1) is 6.61 Å². The molecule has 2 rings (SSSR count). The molecule has 0 aromatic heterocycles. The fourth-order valence-electron chi connectivity index (χ4n) is 2.12. The Labute approximate surface area is 148 Å². The topological polar surface area (TPSA) is 92.8 Å². The minimum absolute atomic E-state index is 0.00894. The van der Waals surface area contributed by atoms with Crippen LogP contribution >= 0.6 is 24.2 Å². The van der Waals surface area contributed by atoms with E-state index in [2.05, 4.69) is 22.7 Å². The van der Waals surface area contributed by atoms with Crippen LogP contribution in [0.25, 0.3) is 0 Å². The summed E-state index contributed by atoms with van der Waals surface area (Å²) in [4.78, 5) is 47.9. The van der Waals surface area contributed by atoms with E-state index in [1.807, 2.05) is 0 Å². The molecule has 7 nitrogen and oxygen atoms in total. The number of carbonyl (C=O) groups is 4. The third-order valence-corrected chi connectivity index (χ3v) is 4.33. The standard InChI is InChI=1S/C15H15ClN2O5S/c1-2-23-15(22)13(21)18-12(20)10(14(18)24)17-11(19)9(16)8-6-4-3-5-7-8/h3-7,9-10,14,24H,2H2,1H3,(H,17,19). The van der Waals surface area contributed by atoms with E-state index in [1.165, 1.54) is 6.92 Å². The Morgan fingerprint density at radius 2 is 1.96 bits per heavy atom.